The van der Waals surface area contributed by atoms with Crippen LogP contribution in [0.15, 0.2) is 24.3 Å². The van der Waals surface area contributed by atoms with E-state index in [0.29, 0.717) is 5.92 Å². The number of hydrogen-bond acceptors (Lipinski definition) is 2. The summed E-state index contributed by atoms with van der Waals surface area (Å²) >= 11 is 0. The molecule has 1 N–H and O–H groups in total. The molecule has 0 aliphatic heterocycles. The minimum Gasteiger partial charge on any atom is -0.392 e. The van der Waals surface area contributed by atoms with Gasteiger partial charge in [0.05, 0.1) is 6.10 Å². The molecule has 2 nitrogen and oxygen atoms in total. The highest BCUT2D eigenvalue weighted by Crippen LogP contribution is 2.41. The Morgan fingerprint density at radius 2 is 2.16 bits per heavy atom. The Bertz CT molecular complexity index is 433. The maximum Gasteiger partial charge on any atom is 0.123 e. The lowest BCUT2D eigenvalue weighted by Crippen LogP contribution is -2.34. The molecule has 3 heteroatoms. The van der Waals surface area contributed by atoms with Gasteiger partial charge in [-0.15, -0.1) is 0 Å². The number of rotatable bonds is 4. The molecule has 0 radical (unpaired) electrons. The van der Waals surface area contributed by atoms with Crippen LogP contribution in [0.4, 0.5) is 4.39 Å². The van der Waals surface area contributed by atoms with Crippen molar-refractivity contribution in [2.75, 3.05) is 13.6 Å². The highest BCUT2D eigenvalue weighted by molar-refractivity contribution is 5.16. The van der Waals surface area contributed by atoms with Crippen LogP contribution >= 0.6 is 0 Å². The summed E-state index contributed by atoms with van der Waals surface area (Å²) in [6.45, 7) is 5.84. The second-order valence-electron chi connectivity index (χ2n) is 6.56. The summed E-state index contributed by atoms with van der Waals surface area (Å²) < 4.78 is 13.1. The van der Waals surface area contributed by atoms with Crippen molar-refractivity contribution >= 4 is 0 Å². The van der Waals surface area contributed by atoms with Crippen LogP contribution in [0.3, 0.4) is 0 Å². The molecule has 0 spiro atoms. The van der Waals surface area contributed by atoms with E-state index in [1.54, 1.807) is 12.1 Å². The molecule has 1 aliphatic carbocycles. The molecule has 19 heavy (non-hydrogen) atoms. The number of nitrogens with zero attached hydrogens (tertiary/aromatic N) is 1. The summed E-state index contributed by atoms with van der Waals surface area (Å²) in [5.74, 6) is 0.140. The smallest absolute Gasteiger partial charge is 0.123 e. The quantitative estimate of drug-likeness (QED) is 0.904. The molecule has 1 aromatic carbocycles. The van der Waals surface area contributed by atoms with Gasteiger partial charge >= 0.3 is 0 Å². The minimum absolute atomic E-state index is 0.0321. The maximum absolute atomic E-state index is 13.1. The van der Waals surface area contributed by atoms with Gasteiger partial charge in [-0.25, -0.2) is 4.39 Å². The summed E-state index contributed by atoms with van der Waals surface area (Å²) in [7, 11) is 2.03. The molecule has 0 bridgehead atoms. The first-order valence-electron chi connectivity index (χ1n) is 6.99. The SMILES string of the molecule is CN(Cc1cccc(F)c1)CC1CCC(C)(C)C1O. The number of benzene rings is 1. The number of hydrogen-bond donors (Lipinski definition) is 1. The first kappa shape index (κ1) is 14.5. The Morgan fingerprint density at radius 3 is 2.74 bits per heavy atom. The predicted octanol–water partition coefficient (Wildman–Crippen LogP) is 3.05. The predicted molar refractivity (Wildman–Crippen MR) is 75.2 cm³/mol. The van der Waals surface area contributed by atoms with Gasteiger partial charge in [0.25, 0.3) is 0 Å². The van der Waals surface area contributed by atoms with Crippen molar-refractivity contribution in [2.45, 2.75) is 39.3 Å². The van der Waals surface area contributed by atoms with Gasteiger partial charge in [0.15, 0.2) is 0 Å². The fraction of sp³-hybridized carbons (Fsp3) is 0.625. The Balaban J connectivity index is 1.90. The van der Waals surface area contributed by atoms with E-state index in [2.05, 4.69) is 18.7 Å². The summed E-state index contributed by atoms with van der Waals surface area (Å²) in [5, 5.41) is 10.3. The van der Waals surface area contributed by atoms with Crippen molar-refractivity contribution in [1.29, 1.82) is 0 Å². The monoisotopic (exact) mass is 265 g/mol. The van der Waals surface area contributed by atoms with E-state index in [9.17, 15) is 9.50 Å². The van der Waals surface area contributed by atoms with E-state index in [4.69, 9.17) is 0 Å². The molecule has 0 saturated heterocycles. The van der Waals surface area contributed by atoms with Gasteiger partial charge in [-0.1, -0.05) is 26.0 Å². The molecule has 106 valence electrons. The van der Waals surface area contributed by atoms with Crippen molar-refractivity contribution in [3.8, 4) is 0 Å². The van der Waals surface area contributed by atoms with Gasteiger partial charge in [0.2, 0.25) is 0 Å². The lowest BCUT2D eigenvalue weighted by Gasteiger charge is -2.28. The molecule has 1 saturated carbocycles. The largest absolute Gasteiger partial charge is 0.392 e. The normalized spacial score (nSPS) is 26.0. The molecule has 1 fully saturated rings. The summed E-state index contributed by atoms with van der Waals surface area (Å²) in [6, 6.07) is 6.72. The van der Waals surface area contributed by atoms with E-state index >= 15 is 0 Å². The molecule has 2 atom stereocenters. The van der Waals surface area contributed by atoms with E-state index < -0.39 is 0 Å². The van der Waals surface area contributed by atoms with Gasteiger partial charge in [-0.2, -0.15) is 0 Å². The Hall–Kier alpha value is -0.930. The van der Waals surface area contributed by atoms with E-state index in [-0.39, 0.29) is 17.3 Å². The highest BCUT2D eigenvalue weighted by atomic mass is 19.1. The third-order valence-electron chi connectivity index (χ3n) is 4.29. The van der Waals surface area contributed by atoms with Crippen LogP contribution in [0.5, 0.6) is 0 Å². The van der Waals surface area contributed by atoms with Crippen LogP contribution in [-0.4, -0.2) is 29.7 Å². The summed E-state index contributed by atoms with van der Waals surface area (Å²) in [4.78, 5) is 2.17. The van der Waals surface area contributed by atoms with E-state index in [0.717, 1.165) is 31.5 Å². The zero-order valence-corrected chi connectivity index (χ0v) is 12.1. The average Bonchev–Trinajstić information content (AvgIpc) is 2.56. The highest BCUT2D eigenvalue weighted by Gasteiger charge is 2.40. The van der Waals surface area contributed by atoms with Gasteiger partial charge in [-0.05, 0) is 48.9 Å². The number of aliphatic hydroxyl groups excluding tert-OH is 1. The van der Waals surface area contributed by atoms with Crippen molar-refractivity contribution in [2.24, 2.45) is 11.3 Å². The number of halogens is 1. The molecule has 0 heterocycles. The van der Waals surface area contributed by atoms with E-state index in [1.165, 1.54) is 6.07 Å². The molecule has 2 rings (SSSR count). The topological polar surface area (TPSA) is 23.5 Å². The molecular weight excluding hydrogens is 241 g/mol. The standard InChI is InChI=1S/C16H24FNO/c1-16(2)8-7-13(15(16)19)11-18(3)10-12-5-4-6-14(17)9-12/h4-6,9,13,15,19H,7-8,10-11H2,1-3H3. The zero-order valence-electron chi connectivity index (χ0n) is 12.1. The fourth-order valence-corrected chi connectivity index (χ4v) is 3.10. The van der Waals surface area contributed by atoms with Gasteiger partial charge in [0, 0.05) is 13.1 Å². The first-order chi connectivity index (χ1) is 8.88. The minimum atomic E-state index is -0.234. The Kier molecular flexibility index (Phi) is 4.26. The molecule has 2 unspecified atom stereocenters. The molecule has 1 aliphatic rings. The van der Waals surface area contributed by atoms with Gasteiger partial charge < -0.3 is 10.0 Å². The fourth-order valence-electron chi connectivity index (χ4n) is 3.10. The van der Waals surface area contributed by atoms with Gasteiger partial charge in [-0.3, -0.25) is 0 Å². The molecule has 0 amide bonds. The van der Waals surface area contributed by atoms with Crippen molar-refractivity contribution < 1.29 is 9.50 Å². The van der Waals surface area contributed by atoms with Crippen LogP contribution in [0.25, 0.3) is 0 Å². The molecular formula is C16H24FNO. The third-order valence-corrected chi connectivity index (χ3v) is 4.29. The van der Waals surface area contributed by atoms with E-state index in [1.807, 2.05) is 13.1 Å². The maximum atomic E-state index is 13.1. The van der Waals surface area contributed by atoms with Crippen LogP contribution in [0, 0.1) is 17.2 Å². The lowest BCUT2D eigenvalue weighted by atomic mass is 9.87. The third kappa shape index (κ3) is 3.54. The van der Waals surface area contributed by atoms with Crippen molar-refractivity contribution in [1.82, 2.24) is 4.90 Å². The molecule has 0 aromatic heterocycles. The molecule has 1 aromatic rings. The summed E-state index contributed by atoms with van der Waals surface area (Å²) in [6.07, 6.45) is 1.91. The second-order valence-corrected chi connectivity index (χ2v) is 6.56. The summed E-state index contributed by atoms with van der Waals surface area (Å²) in [5.41, 5.74) is 1.01. The van der Waals surface area contributed by atoms with Crippen molar-refractivity contribution in [3.05, 3.63) is 35.6 Å². The first-order valence-corrected chi connectivity index (χ1v) is 6.99. The Labute approximate surface area is 115 Å². The second kappa shape index (κ2) is 5.59. The number of aliphatic hydroxyl groups is 1. The van der Waals surface area contributed by atoms with Crippen LogP contribution in [0.2, 0.25) is 0 Å². The Morgan fingerprint density at radius 1 is 1.42 bits per heavy atom. The zero-order chi connectivity index (χ0) is 14.0. The van der Waals surface area contributed by atoms with Crippen LogP contribution < -0.4 is 0 Å². The van der Waals surface area contributed by atoms with Gasteiger partial charge in [0.1, 0.15) is 5.82 Å². The van der Waals surface area contributed by atoms with Crippen LogP contribution in [-0.2, 0) is 6.54 Å². The average molecular weight is 265 g/mol. The lowest BCUT2D eigenvalue weighted by molar-refractivity contribution is 0.0348. The van der Waals surface area contributed by atoms with Crippen molar-refractivity contribution in [3.63, 3.8) is 0 Å². The van der Waals surface area contributed by atoms with Crippen LogP contribution in [0.1, 0.15) is 32.3 Å².